The highest BCUT2D eigenvalue weighted by molar-refractivity contribution is 5.94. The quantitative estimate of drug-likeness (QED) is 0.909. The normalized spacial score (nSPS) is 20.8. The van der Waals surface area contributed by atoms with Gasteiger partial charge in [-0.15, -0.1) is 0 Å². The van der Waals surface area contributed by atoms with Gasteiger partial charge in [-0.05, 0) is 63.8 Å². The smallest absolute Gasteiger partial charge is 0.251 e. The second-order valence-corrected chi connectivity index (χ2v) is 6.48. The van der Waals surface area contributed by atoms with Gasteiger partial charge in [0, 0.05) is 17.3 Å². The molecule has 0 unspecified atom stereocenters. The minimum absolute atomic E-state index is 0.0413. The van der Waals surface area contributed by atoms with Gasteiger partial charge in [0.05, 0.1) is 11.8 Å². The third-order valence-electron chi connectivity index (χ3n) is 4.48. The maximum Gasteiger partial charge on any atom is 0.251 e. The van der Waals surface area contributed by atoms with Crippen LogP contribution in [0.15, 0.2) is 24.3 Å². The van der Waals surface area contributed by atoms with Crippen LogP contribution in [0, 0.1) is 19.7 Å². The number of nitrogens with zero attached hydrogens (tertiary/aromatic N) is 2. The molecule has 0 atom stereocenters. The zero-order valence-corrected chi connectivity index (χ0v) is 13.9. The Hall–Kier alpha value is -2.21. The molecule has 1 saturated carbocycles. The molecule has 5 nitrogen and oxygen atoms in total. The van der Waals surface area contributed by atoms with Crippen LogP contribution in [0.5, 0.6) is 0 Å². The van der Waals surface area contributed by atoms with Gasteiger partial charge in [-0.1, -0.05) is 0 Å². The topological polar surface area (TPSA) is 67.2 Å². The minimum Gasteiger partial charge on any atom is -0.393 e. The van der Waals surface area contributed by atoms with Crippen LogP contribution in [0.1, 0.15) is 47.4 Å². The Morgan fingerprint density at radius 1 is 1.25 bits per heavy atom. The Balaban J connectivity index is 1.74. The standard InChI is InChI=1S/C18H22FN3O2/c1-11-9-12(2)22(21-11)17-8-3-13(10-16(17)19)18(24)20-14-4-6-15(23)7-5-14/h3,8-10,14-15,23H,4-7H2,1-2H3,(H,20,24). The number of aliphatic hydroxyl groups excluding tert-OH is 1. The lowest BCUT2D eigenvalue weighted by Crippen LogP contribution is -2.38. The average Bonchev–Trinajstić information content (AvgIpc) is 2.88. The van der Waals surface area contributed by atoms with Crippen molar-refractivity contribution in [2.45, 2.75) is 51.7 Å². The van der Waals surface area contributed by atoms with Crippen molar-refractivity contribution in [3.05, 3.63) is 47.0 Å². The molecule has 1 aliphatic carbocycles. The van der Waals surface area contributed by atoms with E-state index in [2.05, 4.69) is 10.4 Å². The van der Waals surface area contributed by atoms with E-state index in [0.29, 0.717) is 24.1 Å². The number of carbonyl (C=O) groups is 1. The fourth-order valence-corrected chi connectivity index (χ4v) is 3.18. The molecule has 1 heterocycles. The summed E-state index contributed by atoms with van der Waals surface area (Å²) in [5.41, 5.74) is 2.28. The van der Waals surface area contributed by atoms with Gasteiger partial charge < -0.3 is 10.4 Å². The molecule has 6 heteroatoms. The maximum absolute atomic E-state index is 14.4. The van der Waals surface area contributed by atoms with Crippen LogP contribution >= 0.6 is 0 Å². The second kappa shape index (κ2) is 6.73. The van der Waals surface area contributed by atoms with Crippen LogP contribution < -0.4 is 5.32 Å². The highest BCUT2D eigenvalue weighted by atomic mass is 19.1. The van der Waals surface area contributed by atoms with Crippen molar-refractivity contribution in [3.63, 3.8) is 0 Å². The summed E-state index contributed by atoms with van der Waals surface area (Å²) >= 11 is 0. The van der Waals surface area contributed by atoms with E-state index < -0.39 is 5.82 Å². The third kappa shape index (κ3) is 3.48. The van der Waals surface area contributed by atoms with Crippen LogP contribution in [0.4, 0.5) is 4.39 Å². The molecule has 0 bridgehead atoms. The Morgan fingerprint density at radius 2 is 1.96 bits per heavy atom. The summed E-state index contributed by atoms with van der Waals surface area (Å²) in [4.78, 5) is 12.3. The van der Waals surface area contributed by atoms with E-state index in [0.717, 1.165) is 24.2 Å². The summed E-state index contributed by atoms with van der Waals surface area (Å²) in [5.74, 6) is -0.761. The zero-order chi connectivity index (χ0) is 17.3. The Labute approximate surface area is 140 Å². The molecule has 1 fully saturated rings. The first-order chi connectivity index (χ1) is 11.4. The molecule has 24 heavy (non-hydrogen) atoms. The molecular formula is C18H22FN3O2. The van der Waals surface area contributed by atoms with E-state index in [1.165, 1.54) is 10.7 Å². The number of rotatable bonds is 3. The van der Waals surface area contributed by atoms with Crippen LogP contribution in [0.25, 0.3) is 5.69 Å². The lowest BCUT2D eigenvalue weighted by atomic mass is 9.93. The van der Waals surface area contributed by atoms with Crippen molar-refractivity contribution in [1.29, 1.82) is 0 Å². The van der Waals surface area contributed by atoms with Gasteiger partial charge in [0.25, 0.3) is 5.91 Å². The van der Waals surface area contributed by atoms with Crippen LogP contribution in [0.2, 0.25) is 0 Å². The fourth-order valence-electron chi connectivity index (χ4n) is 3.18. The Bertz CT molecular complexity index is 749. The predicted molar refractivity (Wildman–Crippen MR) is 88.7 cm³/mol. The van der Waals surface area contributed by atoms with Crippen molar-refractivity contribution < 1.29 is 14.3 Å². The summed E-state index contributed by atoms with van der Waals surface area (Å²) in [6, 6.07) is 6.35. The summed E-state index contributed by atoms with van der Waals surface area (Å²) in [7, 11) is 0. The van der Waals surface area contributed by atoms with E-state index in [4.69, 9.17) is 0 Å². The Morgan fingerprint density at radius 3 is 2.54 bits per heavy atom. The van der Waals surface area contributed by atoms with Gasteiger partial charge in [0.2, 0.25) is 0 Å². The molecule has 1 amide bonds. The lowest BCUT2D eigenvalue weighted by Gasteiger charge is -2.26. The molecule has 0 radical (unpaired) electrons. The van der Waals surface area contributed by atoms with E-state index in [1.54, 1.807) is 12.1 Å². The summed E-state index contributed by atoms with van der Waals surface area (Å²) in [5, 5.41) is 16.7. The molecule has 3 rings (SSSR count). The first-order valence-electron chi connectivity index (χ1n) is 8.26. The van der Waals surface area contributed by atoms with Gasteiger partial charge in [0.15, 0.2) is 0 Å². The molecule has 0 saturated heterocycles. The third-order valence-corrected chi connectivity index (χ3v) is 4.48. The Kier molecular flexibility index (Phi) is 4.66. The molecule has 0 aliphatic heterocycles. The van der Waals surface area contributed by atoms with Crippen molar-refractivity contribution >= 4 is 5.91 Å². The largest absolute Gasteiger partial charge is 0.393 e. The van der Waals surface area contributed by atoms with E-state index in [1.807, 2.05) is 19.9 Å². The molecular weight excluding hydrogens is 309 g/mol. The fraction of sp³-hybridized carbons (Fsp3) is 0.444. The number of hydrogen-bond donors (Lipinski definition) is 2. The average molecular weight is 331 g/mol. The molecule has 1 aliphatic rings. The highest BCUT2D eigenvalue weighted by Gasteiger charge is 2.22. The molecule has 1 aromatic heterocycles. The number of hydrogen-bond acceptors (Lipinski definition) is 3. The molecule has 0 spiro atoms. The number of nitrogens with one attached hydrogen (secondary N) is 1. The van der Waals surface area contributed by atoms with Crippen LogP contribution in [-0.2, 0) is 0 Å². The number of aryl methyl sites for hydroxylation is 2. The SMILES string of the molecule is Cc1cc(C)n(-c2ccc(C(=O)NC3CCC(O)CC3)cc2F)n1. The lowest BCUT2D eigenvalue weighted by molar-refractivity contribution is 0.0867. The maximum atomic E-state index is 14.4. The van der Waals surface area contributed by atoms with Crippen molar-refractivity contribution in [2.24, 2.45) is 0 Å². The highest BCUT2D eigenvalue weighted by Crippen LogP contribution is 2.20. The summed E-state index contributed by atoms with van der Waals surface area (Å²) in [6.07, 6.45) is 2.61. The number of aromatic nitrogens is 2. The van der Waals surface area contributed by atoms with Gasteiger partial charge in [-0.3, -0.25) is 4.79 Å². The number of amides is 1. The first-order valence-corrected chi connectivity index (χ1v) is 8.26. The van der Waals surface area contributed by atoms with Gasteiger partial charge in [-0.25, -0.2) is 9.07 Å². The van der Waals surface area contributed by atoms with Crippen LogP contribution in [-0.4, -0.2) is 32.9 Å². The van der Waals surface area contributed by atoms with Crippen molar-refractivity contribution in [2.75, 3.05) is 0 Å². The molecule has 2 aromatic rings. The molecule has 2 N–H and O–H groups in total. The van der Waals surface area contributed by atoms with Crippen molar-refractivity contribution in [1.82, 2.24) is 15.1 Å². The number of aliphatic hydroxyl groups is 1. The van der Waals surface area contributed by atoms with E-state index in [-0.39, 0.29) is 18.1 Å². The zero-order valence-electron chi connectivity index (χ0n) is 13.9. The van der Waals surface area contributed by atoms with Gasteiger partial charge in [-0.2, -0.15) is 5.10 Å². The van der Waals surface area contributed by atoms with Crippen molar-refractivity contribution in [3.8, 4) is 5.69 Å². The second-order valence-electron chi connectivity index (χ2n) is 6.48. The monoisotopic (exact) mass is 331 g/mol. The van der Waals surface area contributed by atoms with Gasteiger partial charge >= 0.3 is 0 Å². The summed E-state index contributed by atoms with van der Waals surface area (Å²) in [6.45, 7) is 3.71. The van der Waals surface area contributed by atoms with Gasteiger partial charge in [0.1, 0.15) is 11.5 Å². The predicted octanol–water partition coefficient (Wildman–Crippen LogP) is 2.66. The van der Waals surface area contributed by atoms with E-state index in [9.17, 15) is 14.3 Å². The molecule has 128 valence electrons. The van der Waals surface area contributed by atoms with E-state index >= 15 is 0 Å². The number of carbonyl (C=O) groups excluding carboxylic acids is 1. The minimum atomic E-state index is -0.479. The number of benzene rings is 1. The first kappa shape index (κ1) is 16.6. The van der Waals surface area contributed by atoms with Crippen LogP contribution in [0.3, 0.4) is 0 Å². The molecule has 1 aromatic carbocycles. The number of halogens is 1. The summed E-state index contributed by atoms with van der Waals surface area (Å²) < 4.78 is 16.0.